The zero-order chi connectivity index (χ0) is 13.7. The van der Waals surface area contributed by atoms with E-state index in [1.54, 1.807) is 0 Å². The Morgan fingerprint density at radius 3 is 2.74 bits per heavy atom. The molecule has 0 spiro atoms. The van der Waals surface area contributed by atoms with Crippen molar-refractivity contribution in [2.45, 2.75) is 19.4 Å². The first-order valence-corrected chi connectivity index (χ1v) is 6.49. The van der Waals surface area contributed by atoms with Crippen LogP contribution in [0.2, 0.25) is 0 Å². The minimum Gasteiger partial charge on any atom is -0.493 e. The molecule has 1 saturated heterocycles. The van der Waals surface area contributed by atoms with Gasteiger partial charge in [0.1, 0.15) is 5.75 Å². The van der Waals surface area contributed by atoms with Gasteiger partial charge in [-0.15, -0.1) is 0 Å². The third-order valence-corrected chi connectivity index (χ3v) is 3.45. The van der Waals surface area contributed by atoms with Crippen molar-refractivity contribution >= 4 is 6.09 Å². The lowest BCUT2D eigenvalue weighted by atomic mass is 9.98. The molecule has 2 rings (SSSR count). The number of benzene rings is 1. The van der Waals surface area contributed by atoms with Crippen LogP contribution in [-0.4, -0.2) is 40.9 Å². The third kappa shape index (κ3) is 3.86. The van der Waals surface area contributed by atoms with Gasteiger partial charge in [-0.1, -0.05) is 12.1 Å². The molecule has 0 bridgehead atoms. The Morgan fingerprint density at radius 1 is 1.37 bits per heavy atom. The molecule has 0 radical (unpaired) electrons. The molecule has 19 heavy (non-hydrogen) atoms. The molecule has 2 N–H and O–H groups in total. The summed E-state index contributed by atoms with van der Waals surface area (Å²) in [6.45, 7) is 1.77. The van der Waals surface area contributed by atoms with E-state index in [1.165, 1.54) is 4.90 Å². The Hall–Kier alpha value is -1.75. The summed E-state index contributed by atoms with van der Waals surface area (Å²) in [4.78, 5) is 12.2. The van der Waals surface area contributed by atoms with Gasteiger partial charge in [-0.3, -0.25) is 0 Å². The van der Waals surface area contributed by atoms with Gasteiger partial charge in [-0.25, -0.2) is 4.79 Å². The first-order valence-electron chi connectivity index (χ1n) is 6.49. The van der Waals surface area contributed by atoms with Crippen molar-refractivity contribution in [1.29, 1.82) is 0 Å². The molecule has 0 saturated carbocycles. The Morgan fingerprint density at radius 2 is 2.11 bits per heavy atom. The summed E-state index contributed by atoms with van der Waals surface area (Å²) in [5.41, 5.74) is 0.832. The maximum atomic E-state index is 10.8. The van der Waals surface area contributed by atoms with Gasteiger partial charge in [0.15, 0.2) is 0 Å². The van der Waals surface area contributed by atoms with Crippen LogP contribution in [-0.2, 0) is 6.61 Å². The lowest BCUT2D eigenvalue weighted by molar-refractivity contribution is 0.111. The second kappa shape index (κ2) is 6.43. The van der Waals surface area contributed by atoms with E-state index >= 15 is 0 Å². The number of hydrogen-bond donors (Lipinski definition) is 2. The molecule has 0 atom stereocenters. The minimum atomic E-state index is -0.838. The first-order chi connectivity index (χ1) is 9.19. The fourth-order valence-corrected chi connectivity index (χ4v) is 2.24. The van der Waals surface area contributed by atoms with Crippen LogP contribution in [0.5, 0.6) is 5.75 Å². The van der Waals surface area contributed by atoms with E-state index in [2.05, 4.69) is 0 Å². The number of piperidine rings is 1. The average molecular weight is 265 g/mol. The fourth-order valence-electron chi connectivity index (χ4n) is 2.24. The number of nitrogens with zero attached hydrogens (tertiary/aromatic N) is 1. The van der Waals surface area contributed by atoms with E-state index in [9.17, 15) is 4.79 Å². The summed E-state index contributed by atoms with van der Waals surface area (Å²) in [6.07, 6.45) is 0.841. The molecule has 1 aromatic carbocycles. The SMILES string of the molecule is O=C(O)N1CCC(COc2cccc(CO)c2)CC1. The van der Waals surface area contributed by atoms with E-state index in [1.807, 2.05) is 24.3 Å². The van der Waals surface area contributed by atoms with Crippen LogP contribution in [0, 0.1) is 5.92 Å². The zero-order valence-corrected chi connectivity index (χ0v) is 10.8. The van der Waals surface area contributed by atoms with E-state index in [-0.39, 0.29) is 6.61 Å². The molecule has 1 heterocycles. The highest BCUT2D eigenvalue weighted by atomic mass is 16.5. The predicted octanol–water partition coefficient (Wildman–Crippen LogP) is 1.95. The Bertz CT molecular complexity index is 427. The number of carbonyl (C=O) groups is 1. The highest BCUT2D eigenvalue weighted by Crippen LogP contribution is 2.20. The molecular weight excluding hydrogens is 246 g/mol. The van der Waals surface area contributed by atoms with Crippen LogP contribution in [0.15, 0.2) is 24.3 Å². The van der Waals surface area contributed by atoms with Gasteiger partial charge in [-0.05, 0) is 36.5 Å². The van der Waals surface area contributed by atoms with Gasteiger partial charge in [0.2, 0.25) is 0 Å². The number of carboxylic acid groups (broad SMARTS) is 1. The number of rotatable bonds is 4. The lowest BCUT2D eigenvalue weighted by Crippen LogP contribution is -2.38. The summed E-state index contributed by atoms with van der Waals surface area (Å²) in [7, 11) is 0. The van der Waals surface area contributed by atoms with Gasteiger partial charge >= 0.3 is 6.09 Å². The molecule has 1 fully saturated rings. The Balaban J connectivity index is 1.78. The van der Waals surface area contributed by atoms with E-state index in [4.69, 9.17) is 14.9 Å². The molecule has 1 aromatic rings. The third-order valence-electron chi connectivity index (χ3n) is 3.45. The number of aliphatic hydroxyl groups is 1. The van der Waals surface area contributed by atoms with Crippen molar-refractivity contribution in [3.05, 3.63) is 29.8 Å². The lowest BCUT2D eigenvalue weighted by Gasteiger charge is -2.29. The van der Waals surface area contributed by atoms with Gasteiger partial charge in [-0.2, -0.15) is 0 Å². The number of likely N-dealkylation sites (tertiary alicyclic amines) is 1. The molecule has 104 valence electrons. The molecule has 0 aliphatic carbocycles. The quantitative estimate of drug-likeness (QED) is 0.873. The van der Waals surface area contributed by atoms with E-state index in [0.717, 1.165) is 24.2 Å². The summed E-state index contributed by atoms with van der Waals surface area (Å²) < 4.78 is 5.71. The smallest absolute Gasteiger partial charge is 0.407 e. The van der Waals surface area contributed by atoms with Crippen molar-refractivity contribution in [3.63, 3.8) is 0 Å². The van der Waals surface area contributed by atoms with Crippen LogP contribution in [0.1, 0.15) is 18.4 Å². The highest BCUT2D eigenvalue weighted by Gasteiger charge is 2.22. The number of aliphatic hydroxyl groups excluding tert-OH is 1. The van der Waals surface area contributed by atoms with Crippen molar-refractivity contribution < 1.29 is 19.7 Å². The van der Waals surface area contributed by atoms with Gasteiger partial charge < -0.3 is 19.8 Å². The number of hydrogen-bond acceptors (Lipinski definition) is 3. The van der Waals surface area contributed by atoms with Crippen molar-refractivity contribution in [2.24, 2.45) is 5.92 Å². The maximum Gasteiger partial charge on any atom is 0.407 e. The Kier molecular flexibility index (Phi) is 4.63. The summed E-state index contributed by atoms with van der Waals surface area (Å²) in [5, 5.41) is 17.9. The van der Waals surface area contributed by atoms with Crippen LogP contribution in [0.4, 0.5) is 4.79 Å². The van der Waals surface area contributed by atoms with E-state index in [0.29, 0.717) is 25.6 Å². The average Bonchev–Trinajstić information content (AvgIpc) is 2.46. The molecule has 5 nitrogen and oxygen atoms in total. The number of ether oxygens (including phenoxy) is 1. The summed E-state index contributed by atoms with van der Waals surface area (Å²) >= 11 is 0. The van der Waals surface area contributed by atoms with Crippen LogP contribution in [0.3, 0.4) is 0 Å². The number of amides is 1. The topological polar surface area (TPSA) is 70.0 Å². The molecule has 1 amide bonds. The normalized spacial score (nSPS) is 16.4. The van der Waals surface area contributed by atoms with Crippen molar-refractivity contribution in [2.75, 3.05) is 19.7 Å². The molecule has 1 aliphatic heterocycles. The van der Waals surface area contributed by atoms with Crippen molar-refractivity contribution in [3.8, 4) is 5.75 Å². The minimum absolute atomic E-state index is 0.00814. The van der Waals surface area contributed by atoms with Gasteiger partial charge in [0, 0.05) is 13.1 Å². The maximum absolute atomic E-state index is 10.8. The van der Waals surface area contributed by atoms with Crippen molar-refractivity contribution in [1.82, 2.24) is 4.90 Å². The zero-order valence-electron chi connectivity index (χ0n) is 10.8. The fraction of sp³-hybridized carbons (Fsp3) is 0.500. The van der Waals surface area contributed by atoms with Crippen LogP contribution in [0.25, 0.3) is 0 Å². The molecule has 5 heteroatoms. The molecule has 0 unspecified atom stereocenters. The second-order valence-electron chi connectivity index (χ2n) is 4.83. The van der Waals surface area contributed by atoms with Gasteiger partial charge in [0.25, 0.3) is 0 Å². The van der Waals surface area contributed by atoms with Crippen LogP contribution < -0.4 is 4.74 Å². The summed E-state index contributed by atoms with van der Waals surface area (Å²) in [6, 6.07) is 7.39. The summed E-state index contributed by atoms with van der Waals surface area (Å²) in [5.74, 6) is 1.15. The first kappa shape index (κ1) is 13.7. The molecule has 1 aliphatic rings. The molecule has 0 aromatic heterocycles. The molecular formula is C14H19NO4. The standard InChI is InChI=1S/C14H19NO4/c16-9-12-2-1-3-13(8-12)19-10-11-4-6-15(7-5-11)14(17)18/h1-3,8,11,16H,4-7,9-10H2,(H,17,18). The predicted molar refractivity (Wildman–Crippen MR) is 70.2 cm³/mol. The monoisotopic (exact) mass is 265 g/mol. The second-order valence-corrected chi connectivity index (χ2v) is 4.83. The largest absolute Gasteiger partial charge is 0.493 e. The Labute approximate surface area is 112 Å². The van der Waals surface area contributed by atoms with E-state index < -0.39 is 6.09 Å². The highest BCUT2D eigenvalue weighted by molar-refractivity contribution is 5.64. The van der Waals surface area contributed by atoms with Crippen LogP contribution >= 0.6 is 0 Å². The van der Waals surface area contributed by atoms with Gasteiger partial charge in [0.05, 0.1) is 13.2 Å².